The molecule has 0 amide bonds. The van der Waals surface area contributed by atoms with E-state index < -0.39 is 25.8 Å². The van der Waals surface area contributed by atoms with E-state index in [2.05, 4.69) is 200 Å². The van der Waals surface area contributed by atoms with Crippen molar-refractivity contribution in [2.45, 2.75) is 66.5 Å². The van der Waals surface area contributed by atoms with Gasteiger partial charge in [0.1, 0.15) is 0 Å². The number of benzene rings is 6. The van der Waals surface area contributed by atoms with E-state index in [4.69, 9.17) is 0 Å². The normalized spacial score (nSPS) is 15.2. The number of allylic oxidation sites excluding steroid dienone is 1. The van der Waals surface area contributed by atoms with E-state index in [0.717, 1.165) is 0 Å². The minimum atomic E-state index is -2.83. The van der Waals surface area contributed by atoms with Gasteiger partial charge in [-0.05, 0) is 0 Å². The zero-order valence-electron chi connectivity index (χ0n) is 31.1. The Labute approximate surface area is 313 Å². The summed E-state index contributed by atoms with van der Waals surface area (Å²) < 4.78 is 0.886. The van der Waals surface area contributed by atoms with Gasteiger partial charge in [0.2, 0.25) is 0 Å². The van der Waals surface area contributed by atoms with Crippen molar-refractivity contribution in [2.24, 2.45) is 0 Å². The van der Waals surface area contributed by atoms with Gasteiger partial charge in [-0.2, -0.15) is 0 Å². The molecule has 252 valence electrons. The second kappa shape index (κ2) is 13.3. The van der Waals surface area contributed by atoms with Crippen LogP contribution in [0.1, 0.15) is 89.1 Å². The third-order valence-corrected chi connectivity index (χ3v) is 31.9. The van der Waals surface area contributed by atoms with Crippen LogP contribution in [0, 0.1) is 0 Å². The summed E-state index contributed by atoms with van der Waals surface area (Å²) in [6.07, 6.45) is 2.58. The van der Waals surface area contributed by atoms with E-state index in [9.17, 15) is 0 Å². The van der Waals surface area contributed by atoms with Crippen molar-refractivity contribution < 1.29 is 20.4 Å². The van der Waals surface area contributed by atoms with Gasteiger partial charge in [0.25, 0.3) is 0 Å². The molecule has 0 bridgehead atoms. The van der Waals surface area contributed by atoms with Gasteiger partial charge in [0.05, 0.1) is 0 Å². The predicted molar refractivity (Wildman–Crippen MR) is 217 cm³/mol. The fourth-order valence-electron chi connectivity index (χ4n) is 8.53. The van der Waals surface area contributed by atoms with Crippen molar-refractivity contribution in [1.29, 1.82) is 0 Å². The molecule has 8 rings (SSSR count). The topological polar surface area (TPSA) is 0 Å². The van der Waals surface area contributed by atoms with Gasteiger partial charge in [-0.3, -0.25) is 0 Å². The van der Waals surface area contributed by atoms with Crippen LogP contribution in [-0.2, 0) is 31.2 Å². The molecule has 0 radical (unpaired) electrons. The van der Waals surface area contributed by atoms with Crippen LogP contribution in [0.2, 0.25) is 0 Å². The first kappa shape index (κ1) is 34.3. The SMILES string of the molecule is CC1=Cc2c(-c3ccccc3)cccc2[CH]1[Zr]([CH]1c2cc(C(C)(C)C)ccc2-c2ccc(C(C)(C)C)cc21)=[Si](c1ccccc1)c1ccccc1. The van der Waals surface area contributed by atoms with E-state index in [-0.39, 0.29) is 10.8 Å². The zero-order chi connectivity index (χ0) is 35.5. The van der Waals surface area contributed by atoms with E-state index >= 15 is 0 Å². The molecule has 0 aromatic heterocycles. The van der Waals surface area contributed by atoms with Gasteiger partial charge in [-0.25, -0.2) is 0 Å². The molecular formula is C49H48SiZr. The standard InChI is InChI=1S/C21H25.C16H13.C12H10Si.Zr/c1-20(2,3)16-7-9-18-14(12-16)11-15-13-17(21(4,5)6)8-10-19(15)18;1-12-10-14-8-5-9-15(16(14)11-12)13-6-3-2-4-7-13;1-3-7-11(8-4-1)13-12-9-5-2-6-10-12;/h7-13H,1-6H3;2-11H,1H3;1-10H;. The first-order valence-electron chi connectivity index (χ1n) is 18.5. The van der Waals surface area contributed by atoms with Crippen molar-refractivity contribution in [3.05, 3.63) is 185 Å². The number of fused-ring (bicyclic) bond motifs is 4. The maximum atomic E-state index is 2.64. The Morgan fingerprint density at radius 1 is 0.471 bits per heavy atom. The molecule has 51 heavy (non-hydrogen) atoms. The second-order valence-corrected chi connectivity index (χ2v) is 30.7. The number of hydrogen-bond acceptors (Lipinski definition) is 0. The summed E-state index contributed by atoms with van der Waals surface area (Å²) in [5, 5.41) is 3.13. The van der Waals surface area contributed by atoms with Crippen molar-refractivity contribution in [1.82, 2.24) is 0 Å². The first-order chi connectivity index (χ1) is 24.5. The van der Waals surface area contributed by atoms with E-state index in [1.165, 1.54) is 38.9 Å². The molecular weight excluding hydrogens is 708 g/mol. The summed E-state index contributed by atoms with van der Waals surface area (Å²) in [6, 6.07) is 56.7. The summed E-state index contributed by atoms with van der Waals surface area (Å²) in [6.45, 7) is 16.7. The number of rotatable bonds is 5. The van der Waals surface area contributed by atoms with Crippen molar-refractivity contribution in [2.75, 3.05) is 0 Å². The van der Waals surface area contributed by atoms with Gasteiger partial charge in [0.15, 0.2) is 0 Å². The minimum absolute atomic E-state index is 0.0709. The van der Waals surface area contributed by atoms with E-state index in [1.807, 2.05) is 0 Å². The Balaban J connectivity index is 1.51. The van der Waals surface area contributed by atoms with Crippen LogP contribution < -0.4 is 10.4 Å². The molecule has 0 saturated heterocycles. The molecule has 0 nitrogen and oxygen atoms in total. The van der Waals surface area contributed by atoms with Crippen molar-refractivity contribution in [3.63, 3.8) is 0 Å². The molecule has 0 N–H and O–H groups in total. The number of hydrogen-bond donors (Lipinski definition) is 0. The first-order valence-corrected chi connectivity index (χ1v) is 26.5. The van der Waals surface area contributed by atoms with Crippen LogP contribution in [0.25, 0.3) is 28.3 Å². The molecule has 2 heteroatoms. The summed E-state index contributed by atoms with van der Waals surface area (Å²) >= 11 is -2.83. The van der Waals surface area contributed by atoms with Crippen LogP contribution in [0.5, 0.6) is 0 Å². The molecule has 0 heterocycles. The van der Waals surface area contributed by atoms with Gasteiger partial charge >= 0.3 is 316 Å². The molecule has 0 spiro atoms. The van der Waals surface area contributed by atoms with Gasteiger partial charge in [0, 0.05) is 0 Å². The Morgan fingerprint density at radius 3 is 1.45 bits per heavy atom. The van der Waals surface area contributed by atoms with Crippen LogP contribution in [0.15, 0.2) is 151 Å². The molecule has 0 aliphatic heterocycles. The quantitative estimate of drug-likeness (QED) is 0.154. The molecule has 0 fully saturated rings. The zero-order valence-corrected chi connectivity index (χ0v) is 34.5. The maximum absolute atomic E-state index is 2.83. The Kier molecular flexibility index (Phi) is 8.93. The van der Waals surface area contributed by atoms with Crippen LogP contribution in [-0.4, -0.2) is 5.43 Å². The molecule has 6 aromatic rings. The third-order valence-electron chi connectivity index (χ3n) is 11.1. The Hall–Kier alpha value is -3.84. The van der Waals surface area contributed by atoms with Crippen LogP contribution in [0.4, 0.5) is 0 Å². The molecule has 1 unspecified atom stereocenters. The monoisotopic (exact) mass is 754 g/mol. The van der Waals surface area contributed by atoms with Gasteiger partial charge in [-0.15, -0.1) is 0 Å². The fraction of sp³-hybridized carbons (Fsp3) is 0.224. The summed E-state index contributed by atoms with van der Waals surface area (Å²) in [5.74, 6) is 0. The van der Waals surface area contributed by atoms with Gasteiger partial charge in [-0.1, -0.05) is 0 Å². The van der Waals surface area contributed by atoms with Crippen LogP contribution in [0.3, 0.4) is 0 Å². The van der Waals surface area contributed by atoms with E-state index in [0.29, 0.717) is 7.25 Å². The predicted octanol–water partition coefficient (Wildman–Crippen LogP) is 11.6. The van der Waals surface area contributed by atoms with Crippen molar-refractivity contribution in [3.8, 4) is 22.3 Å². The molecule has 0 saturated carbocycles. The molecule has 1 atom stereocenters. The Bertz CT molecular complexity index is 2210. The molecule has 2 aliphatic rings. The fourth-order valence-corrected chi connectivity index (χ4v) is 33.4. The second-order valence-electron chi connectivity index (χ2n) is 16.6. The van der Waals surface area contributed by atoms with Crippen molar-refractivity contribution >= 4 is 21.9 Å². The Morgan fingerprint density at radius 2 is 0.961 bits per heavy atom. The average Bonchev–Trinajstić information content (AvgIpc) is 3.64. The van der Waals surface area contributed by atoms with E-state index in [1.54, 1.807) is 32.6 Å². The summed E-state index contributed by atoms with van der Waals surface area (Å²) in [7, 11) is 0. The molecule has 2 aliphatic carbocycles. The third kappa shape index (κ3) is 6.23. The summed E-state index contributed by atoms with van der Waals surface area (Å²) in [4.78, 5) is 0. The van der Waals surface area contributed by atoms with Gasteiger partial charge < -0.3 is 0 Å². The average molecular weight is 756 g/mol. The molecule has 6 aromatic carbocycles. The summed E-state index contributed by atoms with van der Waals surface area (Å²) in [5.41, 5.74) is 15.2. The van der Waals surface area contributed by atoms with Crippen LogP contribution >= 0.6 is 0 Å².